The summed E-state index contributed by atoms with van der Waals surface area (Å²) in [4.78, 5) is 11.5. The number of benzene rings is 1. The Labute approximate surface area is 118 Å². The van der Waals surface area contributed by atoms with Crippen LogP contribution in [0.5, 0.6) is 0 Å². The van der Waals surface area contributed by atoms with Crippen molar-refractivity contribution in [3.05, 3.63) is 35.9 Å². The topological polar surface area (TPSA) is 70.6 Å². The quantitative estimate of drug-likeness (QED) is 0.774. The molecule has 1 aromatic rings. The molecule has 1 heterocycles. The third-order valence-electron chi connectivity index (χ3n) is 2.98. The minimum Gasteiger partial charge on any atom is -0.445 e. The maximum Gasteiger partial charge on any atom is 0.407 e. The van der Waals surface area contributed by atoms with Gasteiger partial charge in [-0.05, 0) is 12.0 Å². The smallest absolute Gasteiger partial charge is 0.407 e. The van der Waals surface area contributed by atoms with Crippen molar-refractivity contribution in [1.82, 2.24) is 10.6 Å². The molecule has 0 aliphatic carbocycles. The van der Waals surface area contributed by atoms with E-state index in [4.69, 9.17) is 9.84 Å². The monoisotopic (exact) mass is 286 g/mol. The molecule has 19 heavy (non-hydrogen) atoms. The number of nitrogens with one attached hydrogen (secondary N) is 2. The predicted octanol–water partition coefficient (Wildman–Crippen LogP) is 1.06. The first-order valence-corrected chi connectivity index (χ1v) is 6.09. The van der Waals surface area contributed by atoms with E-state index in [9.17, 15) is 4.79 Å². The lowest BCUT2D eigenvalue weighted by Crippen LogP contribution is -2.36. The molecule has 0 saturated carbocycles. The molecule has 2 atom stereocenters. The molecule has 2 rings (SSSR count). The standard InChI is InChI=1S/C13H18N2O3.ClH/c16-8-12-6-11(7-14-12)15-13(17)18-9-10-4-2-1-3-5-10;/h1-5,11-12,14,16H,6-9H2,(H,15,17);1H/t11-,12+;/m0./s1. The average molecular weight is 287 g/mol. The van der Waals surface area contributed by atoms with E-state index in [2.05, 4.69) is 10.6 Å². The normalized spacial score (nSPS) is 21.5. The largest absolute Gasteiger partial charge is 0.445 e. The highest BCUT2D eigenvalue weighted by Gasteiger charge is 2.24. The maximum absolute atomic E-state index is 11.5. The number of carbonyl (C=O) groups is 1. The average Bonchev–Trinajstić information content (AvgIpc) is 2.85. The number of rotatable bonds is 4. The van der Waals surface area contributed by atoms with Gasteiger partial charge < -0.3 is 20.5 Å². The van der Waals surface area contributed by atoms with E-state index in [1.165, 1.54) is 0 Å². The molecule has 0 aromatic heterocycles. The number of alkyl carbamates (subject to hydrolysis) is 1. The van der Waals surface area contributed by atoms with Crippen LogP contribution >= 0.6 is 12.4 Å². The van der Waals surface area contributed by atoms with E-state index in [0.29, 0.717) is 6.54 Å². The van der Waals surface area contributed by atoms with E-state index in [1.807, 2.05) is 30.3 Å². The summed E-state index contributed by atoms with van der Waals surface area (Å²) in [5.41, 5.74) is 0.963. The summed E-state index contributed by atoms with van der Waals surface area (Å²) in [6.45, 7) is 1.04. The van der Waals surface area contributed by atoms with Crippen molar-refractivity contribution in [1.29, 1.82) is 0 Å². The lowest BCUT2D eigenvalue weighted by atomic mass is 10.2. The van der Waals surface area contributed by atoms with Gasteiger partial charge in [0.25, 0.3) is 0 Å². The van der Waals surface area contributed by atoms with Gasteiger partial charge in [0.1, 0.15) is 6.61 Å². The van der Waals surface area contributed by atoms with Crippen LogP contribution in [0.1, 0.15) is 12.0 Å². The first-order valence-electron chi connectivity index (χ1n) is 6.09. The minimum absolute atomic E-state index is 0. The molecule has 106 valence electrons. The van der Waals surface area contributed by atoms with Crippen molar-refractivity contribution >= 4 is 18.5 Å². The molecule has 0 bridgehead atoms. The van der Waals surface area contributed by atoms with Crippen molar-refractivity contribution < 1.29 is 14.6 Å². The zero-order chi connectivity index (χ0) is 12.8. The number of carbonyl (C=O) groups excluding carboxylic acids is 1. The number of hydrogen-bond acceptors (Lipinski definition) is 4. The Hall–Kier alpha value is -1.30. The molecule has 0 unspecified atom stereocenters. The van der Waals surface area contributed by atoms with Crippen LogP contribution in [0.25, 0.3) is 0 Å². The van der Waals surface area contributed by atoms with E-state index in [-0.39, 0.29) is 37.7 Å². The third kappa shape index (κ3) is 5.06. The van der Waals surface area contributed by atoms with E-state index in [1.54, 1.807) is 0 Å². The molecule has 1 aliphatic rings. The number of ether oxygens (including phenoxy) is 1. The van der Waals surface area contributed by atoms with Gasteiger partial charge in [-0.1, -0.05) is 30.3 Å². The molecular formula is C13H19ClN2O3. The van der Waals surface area contributed by atoms with Crippen LogP contribution in [0, 0.1) is 0 Å². The fraction of sp³-hybridized carbons (Fsp3) is 0.462. The van der Waals surface area contributed by atoms with Crippen molar-refractivity contribution in [3.8, 4) is 0 Å². The highest BCUT2D eigenvalue weighted by atomic mass is 35.5. The van der Waals surface area contributed by atoms with E-state index in [0.717, 1.165) is 12.0 Å². The van der Waals surface area contributed by atoms with Gasteiger partial charge in [0.2, 0.25) is 0 Å². The second-order valence-corrected chi connectivity index (χ2v) is 4.43. The second kappa shape index (κ2) is 7.99. The molecule has 1 aliphatic heterocycles. The molecule has 3 N–H and O–H groups in total. The fourth-order valence-corrected chi connectivity index (χ4v) is 2.00. The highest BCUT2D eigenvalue weighted by Crippen LogP contribution is 2.06. The van der Waals surface area contributed by atoms with E-state index >= 15 is 0 Å². The summed E-state index contributed by atoms with van der Waals surface area (Å²) in [7, 11) is 0. The summed E-state index contributed by atoms with van der Waals surface area (Å²) in [5.74, 6) is 0. The molecule has 1 fully saturated rings. The fourth-order valence-electron chi connectivity index (χ4n) is 2.00. The SMILES string of the molecule is Cl.O=C(N[C@@H]1CN[C@@H](CO)C1)OCc1ccccc1. The number of aliphatic hydroxyl groups excluding tert-OH is 1. The zero-order valence-corrected chi connectivity index (χ0v) is 11.4. The number of aliphatic hydroxyl groups is 1. The molecular weight excluding hydrogens is 268 g/mol. The maximum atomic E-state index is 11.5. The first kappa shape index (κ1) is 15.8. The van der Waals surface area contributed by atoms with Crippen LogP contribution < -0.4 is 10.6 Å². The van der Waals surface area contributed by atoms with Crippen molar-refractivity contribution in [2.24, 2.45) is 0 Å². The number of amides is 1. The molecule has 0 radical (unpaired) electrons. The van der Waals surface area contributed by atoms with Crippen LogP contribution in [0.15, 0.2) is 30.3 Å². The summed E-state index contributed by atoms with van der Waals surface area (Å²) in [6.07, 6.45) is 0.320. The summed E-state index contributed by atoms with van der Waals surface area (Å²) in [6, 6.07) is 9.66. The molecule has 1 amide bonds. The lowest BCUT2D eigenvalue weighted by Gasteiger charge is -2.12. The molecule has 1 saturated heterocycles. The van der Waals surface area contributed by atoms with Gasteiger partial charge in [-0.25, -0.2) is 4.79 Å². The Morgan fingerprint density at radius 3 is 2.79 bits per heavy atom. The lowest BCUT2D eigenvalue weighted by molar-refractivity contribution is 0.136. The Morgan fingerprint density at radius 1 is 1.42 bits per heavy atom. The number of halogens is 1. The summed E-state index contributed by atoms with van der Waals surface area (Å²) in [5, 5.41) is 14.9. The summed E-state index contributed by atoms with van der Waals surface area (Å²) >= 11 is 0. The van der Waals surface area contributed by atoms with Crippen molar-refractivity contribution in [3.63, 3.8) is 0 Å². The van der Waals surface area contributed by atoms with Gasteiger partial charge in [0.15, 0.2) is 0 Å². The number of hydrogen-bond donors (Lipinski definition) is 3. The van der Waals surface area contributed by atoms with Crippen LogP contribution in [0.3, 0.4) is 0 Å². The molecule has 6 heteroatoms. The van der Waals surface area contributed by atoms with Crippen LogP contribution in [-0.2, 0) is 11.3 Å². The molecule has 5 nitrogen and oxygen atoms in total. The minimum atomic E-state index is -0.413. The van der Waals surface area contributed by atoms with Gasteiger partial charge in [-0.15, -0.1) is 12.4 Å². The van der Waals surface area contributed by atoms with Gasteiger partial charge in [0, 0.05) is 18.6 Å². The van der Waals surface area contributed by atoms with E-state index < -0.39 is 6.09 Å². The highest BCUT2D eigenvalue weighted by molar-refractivity contribution is 5.85. The van der Waals surface area contributed by atoms with Crippen LogP contribution in [0.2, 0.25) is 0 Å². The van der Waals surface area contributed by atoms with Gasteiger partial charge in [0.05, 0.1) is 6.61 Å². The summed E-state index contributed by atoms with van der Waals surface area (Å²) < 4.78 is 5.12. The predicted molar refractivity (Wildman–Crippen MR) is 74.3 cm³/mol. The van der Waals surface area contributed by atoms with Crippen molar-refractivity contribution in [2.45, 2.75) is 25.1 Å². The third-order valence-corrected chi connectivity index (χ3v) is 2.98. The van der Waals surface area contributed by atoms with Gasteiger partial charge >= 0.3 is 6.09 Å². The second-order valence-electron chi connectivity index (χ2n) is 4.43. The Bertz CT molecular complexity index is 389. The van der Waals surface area contributed by atoms with Gasteiger partial charge in [-0.2, -0.15) is 0 Å². The molecule has 1 aromatic carbocycles. The Kier molecular flexibility index (Phi) is 6.62. The van der Waals surface area contributed by atoms with Crippen LogP contribution in [0.4, 0.5) is 4.79 Å². The van der Waals surface area contributed by atoms with Crippen molar-refractivity contribution in [2.75, 3.05) is 13.2 Å². The van der Waals surface area contributed by atoms with Crippen LogP contribution in [-0.4, -0.2) is 36.4 Å². The zero-order valence-electron chi connectivity index (χ0n) is 10.5. The first-order chi connectivity index (χ1) is 8.78. The Balaban J connectivity index is 0.00000180. The Morgan fingerprint density at radius 2 is 2.16 bits per heavy atom. The molecule has 0 spiro atoms. The van der Waals surface area contributed by atoms with Gasteiger partial charge in [-0.3, -0.25) is 0 Å².